The van der Waals surface area contributed by atoms with Gasteiger partial charge in [-0.15, -0.1) is 0 Å². The molecule has 0 atom stereocenters. The molecule has 1 aliphatic carbocycles. The van der Waals surface area contributed by atoms with Gasteiger partial charge in [0.25, 0.3) is 0 Å². The van der Waals surface area contributed by atoms with Crippen molar-refractivity contribution in [3.05, 3.63) is 23.8 Å². The van der Waals surface area contributed by atoms with E-state index in [9.17, 15) is 4.79 Å². The minimum Gasteiger partial charge on any atom is -0.338 e. The van der Waals surface area contributed by atoms with E-state index >= 15 is 0 Å². The van der Waals surface area contributed by atoms with Crippen LogP contribution in [0.25, 0.3) is 11.0 Å². The van der Waals surface area contributed by atoms with Gasteiger partial charge in [0.1, 0.15) is 17.0 Å². The van der Waals surface area contributed by atoms with Gasteiger partial charge in [0.05, 0.1) is 6.54 Å². The van der Waals surface area contributed by atoms with Crippen LogP contribution in [0.3, 0.4) is 0 Å². The van der Waals surface area contributed by atoms with Gasteiger partial charge in [-0.3, -0.25) is 4.79 Å². The molecule has 5 nitrogen and oxygen atoms in total. The fraction of sp³-hybridized carbons (Fsp3) is 0.588. The van der Waals surface area contributed by atoms with Crippen LogP contribution in [0.15, 0.2) is 12.3 Å². The van der Waals surface area contributed by atoms with Crippen molar-refractivity contribution in [3.63, 3.8) is 0 Å². The fourth-order valence-electron chi connectivity index (χ4n) is 4.18. The summed E-state index contributed by atoms with van der Waals surface area (Å²) in [5.74, 6) is 1.11. The van der Waals surface area contributed by atoms with Crippen molar-refractivity contribution in [2.75, 3.05) is 7.05 Å². The van der Waals surface area contributed by atoms with E-state index < -0.39 is 5.54 Å². The number of aryl methyl sites for hydroxylation is 1. The molecule has 5 heteroatoms. The van der Waals surface area contributed by atoms with Crippen LogP contribution < -0.4 is 0 Å². The molecule has 0 aromatic carbocycles. The predicted molar refractivity (Wildman–Crippen MR) is 84.4 cm³/mol. The van der Waals surface area contributed by atoms with Crippen LogP contribution in [0.4, 0.5) is 0 Å². The first-order chi connectivity index (χ1) is 10.7. The molecule has 1 saturated carbocycles. The second-order valence-corrected chi connectivity index (χ2v) is 6.64. The molecule has 22 heavy (non-hydrogen) atoms. The summed E-state index contributed by atoms with van der Waals surface area (Å²) < 4.78 is 2.25. The summed E-state index contributed by atoms with van der Waals surface area (Å²) in [4.78, 5) is 24.1. The monoisotopic (exact) mass is 298 g/mol. The van der Waals surface area contributed by atoms with E-state index in [-0.39, 0.29) is 5.91 Å². The maximum absolute atomic E-state index is 13.0. The van der Waals surface area contributed by atoms with Crippen molar-refractivity contribution in [2.45, 2.75) is 57.5 Å². The number of aromatic nitrogens is 3. The molecule has 1 amide bonds. The molecule has 1 spiro atoms. The van der Waals surface area contributed by atoms with Gasteiger partial charge in [0, 0.05) is 30.7 Å². The van der Waals surface area contributed by atoms with E-state index in [4.69, 9.17) is 4.98 Å². The Bertz CT molecular complexity index is 742. The van der Waals surface area contributed by atoms with Gasteiger partial charge in [-0.05, 0) is 18.9 Å². The van der Waals surface area contributed by atoms with Crippen LogP contribution in [-0.2, 0) is 23.3 Å². The maximum atomic E-state index is 13.0. The van der Waals surface area contributed by atoms with E-state index in [0.717, 1.165) is 49.0 Å². The summed E-state index contributed by atoms with van der Waals surface area (Å²) in [6.07, 6.45) is 8.04. The lowest BCUT2D eigenvalue weighted by atomic mass is 9.79. The van der Waals surface area contributed by atoms with Gasteiger partial charge in [-0.1, -0.05) is 26.2 Å². The third-order valence-corrected chi connectivity index (χ3v) is 5.24. The Hall–Kier alpha value is -1.91. The van der Waals surface area contributed by atoms with Crippen LogP contribution >= 0.6 is 0 Å². The standard InChI is InChI=1S/C17H22N4O/c1-3-14-18-10-12-9-13-11-20(2)16(22)17(7-5-4-6-8-17)21(13)15(12)19-14/h9-10H,3-8,11H2,1-2H3. The molecule has 0 bridgehead atoms. The minimum atomic E-state index is -0.415. The first-order valence-corrected chi connectivity index (χ1v) is 8.28. The molecule has 116 valence electrons. The third-order valence-electron chi connectivity index (χ3n) is 5.24. The number of amides is 1. The molecule has 2 aliphatic rings. The normalized spacial score (nSPS) is 20.6. The smallest absolute Gasteiger partial charge is 0.248 e. The van der Waals surface area contributed by atoms with Crippen molar-refractivity contribution in [2.24, 2.45) is 0 Å². The highest BCUT2D eigenvalue weighted by molar-refractivity contribution is 5.89. The van der Waals surface area contributed by atoms with Crippen LogP contribution in [0.1, 0.15) is 50.5 Å². The first kappa shape index (κ1) is 13.7. The quantitative estimate of drug-likeness (QED) is 0.813. The largest absolute Gasteiger partial charge is 0.338 e. The summed E-state index contributed by atoms with van der Waals surface area (Å²) in [6, 6.07) is 2.16. The highest BCUT2D eigenvalue weighted by atomic mass is 16.2. The van der Waals surface area contributed by atoms with Crippen molar-refractivity contribution in [3.8, 4) is 0 Å². The summed E-state index contributed by atoms with van der Waals surface area (Å²) in [5, 5.41) is 1.06. The zero-order valence-electron chi connectivity index (χ0n) is 13.3. The zero-order chi connectivity index (χ0) is 15.3. The first-order valence-electron chi connectivity index (χ1n) is 8.28. The highest BCUT2D eigenvalue weighted by Crippen LogP contribution is 2.42. The van der Waals surface area contributed by atoms with E-state index in [1.165, 1.54) is 12.1 Å². The Balaban J connectivity index is 2.00. The molecule has 0 radical (unpaired) electrons. The van der Waals surface area contributed by atoms with Crippen LogP contribution in [-0.4, -0.2) is 32.4 Å². The summed E-state index contributed by atoms with van der Waals surface area (Å²) >= 11 is 0. The molecule has 3 heterocycles. The third kappa shape index (κ3) is 1.74. The number of rotatable bonds is 1. The number of hydrogen-bond donors (Lipinski definition) is 0. The topological polar surface area (TPSA) is 51.0 Å². The molecule has 0 saturated heterocycles. The van der Waals surface area contributed by atoms with E-state index in [1.54, 1.807) is 0 Å². The second-order valence-electron chi connectivity index (χ2n) is 6.64. The summed E-state index contributed by atoms with van der Waals surface area (Å²) in [7, 11) is 1.92. The molecule has 1 aliphatic heterocycles. The van der Waals surface area contributed by atoms with Crippen LogP contribution in [0, 0.1) is 0 Å². The maximum Gasteiger partial charge on any atom is 0.248 e. The molecule has 0 unspecified atom stereocenters. The van der Waals surface area contributed by atoms with E-state index in [2.05, 4.69) is 22.5 Å². The van der Waals surface area contributed by atoms with Gasteiger partial charge >= 0.3 is 0 Å². The molecular weight excluding hydrogens is 276 g/mol. The van der Waals surface area contributed by atoms with Gasteiger partial charge in [0.2, 0.25) is 5.91 Å². The highest BCUT2D eigenvalue weighted by Gasteiger charge is 2.47. The number of carbonyl (C=O) groups is 1. The molecule has 1 fully saturated rings. The van der Waals surface area contributed by atoms with Gasteiger partial charge in [-0.25, -0.2) is 9.97 Å². The van der Waals surface area contributed by atoms with Crippen LogP contribution in [0.2, 0.25) is 0 Å². The number of hydrogen-bond acceptors (Lipinski definition) is 3. The fourth-order valence-corrected chi connectivity index (χ4v) is 4.18. The van der Waals surface area contributed by atoms with Gasteiger partial charge in [-0.2, -0.15) is 0 Å². The SMILES string of the molecule is CCc1ncc2cc3n(c2n1)C1(CCCCC1)C(=O)N(C)C3. The number of likely N-dealkylation sites (N-methyl/N-ethyl adjacent to an activating group) is 1. The lowest BCUT2D eigenvalue weighted by molar-refractivity contribution is -0.144. The van der Waals surface area contributed by atoms with Crippen molar-refractivity contribution in [1.82, 2.24) is 19.4 Å². The molecule has 2 aromatic rings. The average Bonchev–Trinajstić information content (AvgIpc) is 2.91. The Morgan fingerprint density at radius 2 is 2.05 bits per heavy atom. The van der Waals surface area contributed by atoms with Crippen molar-refractivity contribution in [1.29, 1.82) is 0 Å². The van der Waals surface area contributed by atoms with Gasteiger partial charge < -0.3 is 9.47 Å². The predicted octanol–water partition coefficient (Wildman–Crippen LogP) is 2.63. The van der Waals surface area contributed by atoms with E-state index in [0.29, 0.717) is 6.54 Å². The summed E-state index contributed by atoms with van der Waals surface area (Å²) in [5.41, 5.74) is 1.73. The minimum absolute atomic E-state index is 0.258. The summed E-state index contributed by atoms with van der Waals surface area (Å²) in [6.45, 7) is 2.73. The average molecular weight is 298 g/mol. The van der Waals surface area contributed by atoms with Crippen molar-refractivity contribution < 1.29 is 4.79 Å². The Kier molecular flexibility index (Phi) is 2.99. The number of fused-ring (bicyclic) bond motifs is 4. The molecular formula is C17H22N4O. The Morgan fingerprint density at radius 1 is 1.27 bits per heavy atom. The lowest BCUT2D eigenvalue weighted by Crippen LogP contribution is -2.54. The number of carbonyl (C=O) groups excluding carboxylic acids is 1. The molecule has 0 N–H and O–H groups in total. The Labute approximate surface area is 130 Å². The Morgan fingerprint density at radius 3 is 2.77 bits per heavy atom. The lowest BCUT2D eigenvalue weighted by Gasteiger charge is -2.44. The van der Waals surface area contributed by atoms with Crippen molar-refractivity contribution >= 4 is 16.9 Å². The van der Waals surface area contributed by atoms with E-state index in [1.807, 2.05) is 18.1 Å². The van der Waals surface area contributed by atoms with Crippen LogP contribution in [0.5, 0.6) is 0 Å². The second kappa shape index (κ2) is 4.80. The number of nitrogens with zero attached hydrogens (tertiary/aromatic N) is 4. The molecule has 2 aromatic heterocycles. The zero-order valence-corrected chi connectivity index (χ0v) is 13.3. The van der Waals surface area contributed by atoms with Gasteiger partial charge in [0.15, 0.2) is 0 Å². The molecule has 4 rings (SSSR count).